The molecule has 0 aliphatic rings. The van der Waals surface area contributed by atoms with Gasteiger partial charge in [0.1, 0.15) is 12.7 Å². The molecular weight excluding hydrogens is 226 g/mol. The summed E-state index contributed by atoms with van der Waals surface area (Å²) in [7, 11) is 0. The number of nitriles is 1. The maximum Gasteiger partial charge on any atom is 0.316 e. The highest BCUT2D eigenvalue weighted by molar-refractivity contribution is 5.48. The van der Waals surface area contributed by atoms with E-state index in [-0.39, 0.29) is 6.01 Å². The first-order chi connectivity index (χ1) is 8.88. The molecule has 0 aliphatic carbocycles. The summed E-state index contributed by atoms with van der Waals surface area (Å²) in [5, 5.41) is 8.59. The van der Waals surface area contributed by atoms with E-state index in [1.807, 2.05) is 48.6 Å². The summed E-state index contributed by atoms with van der Waals surface area (Å²) in [6.45, 7) is 0.390. The first-order valence-electron chi connectivity index (χ1n) is 5.45. The van der Waals surface area contributed by atoms with Gasteiger partial charge in [0, 0.05) is 0 Å². The highest BCUT2D eigenvalue weighted by Gasteiger charge is 1.95. The SMILES string of the molecule is N#Cc1cnc(OCC=Cc2ccccc2)nc1. The molecule has 1 heterocycles. The smallest absolute Gasteiger partial charge is 0.316 e. The van der Waals surface area contributed by atoms with Crippen LogP contribution >= 0.6 is 0 Å². The van der Waals surface area contributed by atoms with Gasteiger partial charge in [-0.2, -0.15) is 5.26 Å². The van der Waals surface area contributed by atoms with Gasteiger partial charge in [0.05, 0.1) is 18.0 Å². The minimum atomic E-state index is 0.270. The Balaban J connectivity index is 1.85. The zero-order valence-corrected chi connectivity index (χ0v) is 9.65. The number of hydrogen-bond acceptors (Lipinski definition) is 4. The van der Waals surface area contributed by atoms with Gasteiger partial charge >= 0.3 is 6.01 Å². The molecule has 0 fully saturated rings. The van der Waals surface area contributed by atoms with Crippen LogP contribution in [0.5, 0.6) is 6.01 Å². The second-order valence-corrected chi connectivity index (χ2v) is 3.49. The van der Waals surface area contributed by atoms with E-state index in [4.69, 9.17) is 10.00 Å². The Morgan fingerprint density at radius 2 is 1.89 bits per heavy atom. The lowest BCUT2D eigenvalue weighted by atomic mass is 10.2. The molecule has 1 aromatic heterocycles. The predicted molar refractivity (Wildman–Crippen MR) is 67.7 cm³/mol. The summed E-state index contributed by atoms with van der Waals surface area (Å²) >= 11 is 0. The van der Waals surface area contributed by atoms with Gasteiger partial charge in [-0.05, 0) is 11.6 Å². The van der Waals surface area contributed by atoms with Crippen molar-refractivity contribution in [3.8, 4) is 12.1 Å². The Morgan fingerprint density at radius 1 is 1.17 bits per heavy atom. The fourth-order valence-corrected chi connectivity index (χ4v) is 1.32. The number of hydrogen-bond donors (Lipinski definition) is 0. The Morgan fingerprint density at radius 3 is 2.56 bits per heavy atom. The summed E-state index contributed by atoms with van der Waals surface area (Å²) in [5.41, 5.74) is 1.53. The van der Waals surface area contributed by atoms with Gasteiger partial charge in [-0.3, -0.25) is 0 Å². The minimum Gasteiger partial charge on any atom is -0.459 e. The lowest BCUT2D eigenvalue weighted by molar-refractivity contribution is 0.333. The van der Waals surface area contributed by atoms with Crippen LogP contribution in [0.25, 0.3) is 6.08 Å². The maximum atomic E-state index is 8.59. The molecule has 0 aliphatic heterocycles. The Labute approximate surface area is 105 Å². The molecule has 4 nitrogen and oxygen atoms in total. The summed E-state index contributed by atoms with van der Waals surface area (Å²) in [6.07, 6.45) is 6.72. The van der Waals surface area contributed by atoms with Crippen LogP contribution in [-0.2, 0) is 0 Å². The highest BCUT2D eigenvalue weighted by atomic mass is 16.5. The van der Waals surface area contributed by atoms with Gasteiger partial charge in [0.25, 0.3) is 0 Å². The lowest BCUT2D eigenvalue weighted by Gasteiger charge is -1.99. The predicted octanol–water partition coefficient (Wildman–Crippen LogP) is 2.44. The van der Waals surface area contributed by atoms with Gasteiger partial charge in [0.15, 0.2) is 0 Å². The number of rotatable bonds is 4. The van der Waals surface area contributed by atoms with E-state index in [1.165, 1.54) is 12.4 Å². The number of benzene rings is 1. The third kappa shape index (κ3) is 3.42. The second kappa shape index (κ2) is 6.16. The van der Waals surface area contributed by atoms with Crippen molar-refractivity contribution in [3.05, 3.63) is 59.9 Å². The maximum absolute atomic E-state index is 8.59. The van der Waals surface area contributed by atoms with Crippen molar-refractivity contribution in [2.24, 2.45) is 0 Å². The first kappa shape index (κ1) is 11.8. The van der Waals surface area contributed by atoms with Crippen molar-refractivity contribution >= 4 is 6.08 Å². The van der Waals surface area contributed by atoms with Crippen molar-refractivity contribution in [1.29, 1.82) is 5.26 Å². The molecule has 0 spiro atoms. The molecule has 1 aromatic carbocycles. The standard InChI is InChI=1S/C14H11N3O/c15-9-13-10-16-14(17-11-13)18-8-4-7-12-5-2-1-3-6-12/h1-7,10-11H,8H2. The minimum absolute atomic E-state index is 0.270. The van der Waals surface area contributed by atoms with Crippen LogP contribution in [0, 0.1) is 11.3 Å². The molecular formula is C14H11N3O. The van der Waals surface area contributed by atoms with Crippen molar-refractivity contribution in [1.82, 2.24) is 9.97 Å². The Kier molecular flexibility index (Phi) is 4.04. The van der Waals surface area contributed by atoms with Gasteiger partial charge in [-0.15, -0.1) is 0 Å². The summed E-state index contributed by atoms with van der Waals surface area (Å²) in [6, 6.07) is 12.2. The average Bonchev–Trinajstić information content (AvgIpc) is 2.45. The second-order valence-electron chi connectivity index (χ2n) is 3.49. The molecule has 88 valence electrons. The highest BCUT2D eigenvalue weighted by Crippen LogP contribution is 2.03. The molecule has 0 unspecified atom stereocenters. The van der Waals surface area contributed by atoms with E-state index >= 15 is 0 Å². The van der Waals surface area contributed by atoms with E-state index in [9.17, 15) is 0 Å². The third-order valence-electron chi connectivity index (χ3n) is 2.18. The van der Waals surface area contributed by atoms with E-state index in [0.29, 0.717) is 12.2 Å². The molecule has 0 atom stereocenters. The van der Waals surface area contributed by atoms with Crippen LogP contribution in [0.15, 0.2) is 48.8 Å². The monoisotopic (exact) mass is 237 g/mol. The van der Waals surface area contributed by atoms with Gasteiger partial charge in [-0.25, -0.2) is 9.97 Å². The van der Waals surface area contributed by atoms with Crippen LogP contribution < -0.4 is 4.74 Å². The molecule has 0 N–H and O–H groups in total. The summed E-state index contributed by atoms with van der Waals surface area (Å²) < 4.78 is 5.31. The molecule has 0 radical (unpaired) electrons. The summed E-state index contributed by atoms with van der Waals surface area (Å²) in [5.74, 6) is 0. The van der Waals surface area contributed by atoms with E-state index in [2.05, 4.69) is 9.97 Å². The summed E-state index contributed by atoms with van der Waals surface area (Å²) in [4.78, 5) is 7.81. The average molecular weight is 237 g/mol. The first-order valence-corrected chi connectivity index (χ1v) is 5.45. The van der Waals surface area contributed by atoms with E-state index in [0.717, 1.165) is 5.56 Å². The zero-order valence-electron chi connectivity index (χ0n) is 9.65. The van der Waals surface area contributed by atoms with Crippen LogP contribution in [0.1, 0.15) is 11.1 Å². The fourth-order valence-electron chi connectivity index (χ4n) is 1.32. The normalized spacial score (nSPS) is 10.2. The Bertz CT molecular complexity index is 556. The molecule has 0 bridgehead atoms. The molecule has 0 saturated carbocycles. The number of nitrogens with zero attached hydrogens (tertiary/aromatic N) is 3. The van der Waals surface area contributed by atoms with Crippen LogP contribution in [-0.4, -0.2) is 16.6 Å². The van der Waals surface area contributed by atoms with Crippen molar-refractivity contribution in [3.63, 3.8) is 0 Å². The van der Waals surface area contributed by atoms with Gasteiger partial charge in [0.2, 0.25) is 0 Å². The van der Waals surface area contributed by atoms with Crippen molar-refractivity contribution in [2.45, 2.75) is 0 Å². The van der Waals surface area contributed by atoms with Crippen LogP contribution in [0.2, 0.25) is 0 Å². The molecule has 0 saturated heterocycles. The van der Waals surface area contributed by atoms with Crippen LogP contribution in [0.3, 0.4) is 0 Å². The third-order valence-corrected chi connectivity index (χ3v) is 2.18. The van der Waals surface area contributed by atoms with Crippen LogP contribution in [0.4, 0.5) is 0 Å². The molecule has 4 heteroatoms. The molecule has 0 amide bonds. The largest absolute Gasteiger partial charge is 0.459 e. The van der Waals surface area contributed by atoms with Crippen molar-refractivity contribution in [2.75, 3.05) is 6.61 Å². The topological polar surface area (TPSA) is 58.8 Å². The van der Waals surface area contributed by atoms with Crippen molar-refractivity contribution < 1.29 is 4.74 Å². The molecule has 2 rings (SSSR count). The lowest BCUT2D eigenvalue weighted by Crippen LogP contribution is -1.98. The molecule has 2 aromatic rings. The quantitative estimate of drug-likeness (QED) is 0.819. The van der Waals surface area contributed by atoms with E-state index < -0.39 is 0 Å². The number of ether oxygens (including phenoxy) is 1. The fraction of sp³-hybridized carbons (Fsp3) is 0.0714. The Hall–Kier alpha value is -2.67. The van der Waals surface area contributed by atoms with Gasteiger partial charge in [-0.1, -0.05) is 36.4 Å². The molecule has 18 heavy (non-hydrogen) atoms. The van der Waals surface area contributed by atoms with Gasteiger partial charge < -0.3 is 4.74 Å². The van der Waals surface area contributed by atoms with E-state index in [1.54, 1.807) is 0 Å². The zero-order chi connectivity index (χ0) is 12.6. The number of aromatic nitrogens is 2.